The van der Waals surface area contributed by atoms with E-state index in [0.717, 1.165) is 51.7 Å². The second kappa shape index (κ2) is 11.3. The Hall–Kier alpha value is -3.76. The summed E-state index contributed by atoms with van der Waals surface area (Å²) >= 11 is 0. The number of benzene rings is 3. The Morgan fingerprint density at radius 1 is 1.05 bits per heavy atom. The fourth-order valence-corrected chi connectivity index (χ4v) is 7.32. The van der Waals surface area contributed by atoms with Crippen LogP contribution in [0.15, 0.2) is 59.5 Å². The maximum Gasteiger partial charge on any atom is 0.306 e. The summed E-state index contributed by atoms with van der Waals surface area (Å²) in [6.07, 6.45) is 2.45. The molecule has 6 heterocycles. The van der Waals surface area contributed by atoms with Crippen molar-refractivity contribution in [2.24, 2.45) is 0 Å². The van der Waals surface area contributed by atoms with Crippen molar-refractivity contribution in [3.63, 3.8) is 0 Å². The molecule has 0 saturated carbocycles. The Labute approximate surface area is 240 Å². The molecule has 0 fully saturated rings. The van der Waals surface area contributed by atoms with E-state index in [1.54, 1.807) is 31.2 Å². The van der Waals surface area contributed by atoms with E-state index in [2.05, 4.69) is 34.6 Å². The van der Waals surface area contributed by atoms with Crippen LogP contribution in [0.2, 0.25) is 0 Å². The molecular formula is C31H34N4O5S. The number of sulfonamides is 1. The van der Waals surface area contributed by atoms with Crippen LogP contribution in [0.1, 0.15) is 59.9 Å². The van der Waals surface area contributed by atoms with Gasteiger partial charge in [0.25, 0.3) is 0 Å². The van der Waals surface area contributed by atoms with Gasteiger partial charge in [-0.1, -0.05) is 29.5 Å². The third kappa shape index (κ3) is 5.34. The molecule has 2 atom stereocenters. The van der Waals surface area contributed by atoms with Gasteiger partial charge in [-0.3, -0.25) is 4.79 Å². The highest BCUT2D eigenvalue weighted by Crippen LogP contribution is 2.36. The number of aromatic nitrogens is 3. The molecule has 0 N–H and O–H groups in total. The van der Waals surface area contributed by atoms with E-state index in [0.29, 0.717) is 38.5 Å². The molecule has 0 radical (unpaired) electrons. The van der Waals surface area contributed by atoms with Crippen LogP contribution < -0.4 is 4.74 Å². The molecule has 9 rings (SSSR count). The Morgan fingerprint density at radius 3 is 2.68 bits per heavy atom. The molecule has 0 saturated heterocycles. The number of carbonyl (C=O) groups is 1. The summed E-state index contributed by atoms with van der Waals surface area (Å²) in [6, 6.07) is 16.9. The number of esters is 1. The van der Waals surface area contributed by atoms with Crippen molar-refractivity contribution in [3.05, 3.63) is 82.4 Å². The van der Waals surface area contributed by atoms with Crippen molar-refractivity contribution in [3.8, 4) is 5.75 Å². The highest BCUT2D eigenvalue weighted by atomic mass is 32.2. The lowest BCUT2D eigenvalue weighted by Crippen LogP contribution is -2.36. The second-order valence-electron chi connectivity index (χ2n) is 10.7. The topological polar surface area (TPSA) is 104 Å². The van der Waals surface area contributed by atoms with E-state index in [-0.39, 0.29) is 29.7 Å². The zero-order valence-corrected chi connectivity index (χ0v) is 24.2. The standard InChI is InChI=1S/C31H34N4O5S/c1-3-39-30(36)19-28-23-7-6-22-14-16-34(20-24(22)18-23)41(37,38)26-10-8-25(9-11-26)40-17-5-4-15-35-29-13-12-27(28)21(2)31(29)32-33-35/h6-13,18,28H,3-5,14-17,19-20H2,1-2H3. The summed E-state index contributed by atoms with van der Waals surface area (Å²) in [6.45, 7) is 6.02. The second-order valence-corrected chi connectivity index (χ2v) is 12.6. The highest BCUT2D eigenvalue weighted by molar-refractivity contribution is 7.89. The van der Waals surface area contributed by atoms with Crippen LogP contribution >= 0.6 is 0 Å². The van der Waals surface area contributed by atoms with Gasteiger partial charge in [-0.2, -0.15) is 4.31 Å². The van der Waals surface area contributed by atoms with Crippen LogP contribution in [-0.2, 0) is 39.1 Å². The quantitative estimate of drug-likeness (QED) is 0.326. The minimum atomic E-state index is -3.69. The van der Waals surface area contributed by atoms with E-state index in [4.69, 9.17) is 9.47 Å². The summed E-state index contributed by atoms with van der Waals surface area (Å²) in [5.41, 5.74) is 6.73. The Balaban J connectivity index is 1.46. The van der Waals surface area contributed by atoms with Crippen molar-refractivity contribution in [2.75, 3.05) is 19.8 Å². The molecule has 1 aromatic heterocycles. The number of rotatable bonds is 3. The Kier molecular flexibility index (Phi) is 7.52. The third-order valence-corrected chi connectivity index (χ3v) is 10.00. The van der Waals surface area contributed by atoms with Crippen molar-refractivity contribution >= 4 is 27.0 Å². The lowest BCUT2D eigenvalue weighted by Gasteiger charge is -2.29. The van der Waals surface area contributed by atoms with Crippen molar-refractivity contribution in [1.82, 2.24) is 19.3 Å². The molecule has 9 nitrogen and oxygen atoms in total. The van der Waals surface area contributed by atoms with Gasteiger partial charge in [-0.25, -0.2) is 13.1 Å². The fourth-order valence-electron chi connectivity index (χ4n) is 5.90. The fraction of sp³-hybridized carbons (Fsp3) is 0.387. The van der Waals surface area contributed by atoms with Crippen LogP contribution in [0.5, 0.6) is 5.75 Å². The molecule has 5 aliphatic heterocycles. The predicted molar refractivity (Wildman–Crippen MR) is 154 cm³/mol. The van der Waals surface area contributed by atoms with Gasteiger partial charge in [0.05, 0.1) is 30.0 Å². The van der Waals surface area contributed by atoms with Gasteiger partial charge in [0.2, 0.25) is 10.0 Å². The molecule has 4 aromatic rings. The minimum absolute atomic E-state index is 0.168. The number of aryl methyl sites for hydroxylation is 2. The average molecular weight is 575 g/mol. The van der Waals surface area contributed by atoms with Gasteiger partial charge < -0.3 is 9.47 Å². The van der Waals surface area contributed by atoms with Crippen LogP contribution in [0, 0.1) is 6.92 Å². The van der Waals surface area contributed by atoms with E-state index >= 15 is 0 Å². The molecule has 2 unspecified atom stereocenters. The van der Waals surface area contributed by atoms with Gasteiger partial charge in [0.15, 0.2) is 0 Å². The zero-order valence-electron chi connectivity index (χ0n) is 23.4. The van der Waals surface area contributed by atoms with Crippen LogP contribution in [0.3, 0.4) is 0 Å². The molecular weight excluding hydrogens is 540 g/mol. The first-order valence-corrected chi connectivity index (χ1v) is 15.6. The molecule has 0 amide bonds. The minimum Gasteiger partial charge on any atom is -0.494 e. The van der Waals surface area contributed by atoms with Gasteiger partial charge in [-0.15, -0.1) is 5.10 Å². The lowest BCUT2D eigenvalue weighted by molar-refractivity contribution is -0.143. The van der Waals surface area contributed by atoms with Crippen molar-refractivity contribution < 1.29 is 22.7 Å². The summed E-state index contributed by atoms with van der Waals surface area (Å²) in [5, 5.41) is 8.94. The SMILES string of the molecule is CCOC(=O)CC1c2ccc3c(c2)CN(CC3)S(=O)(=O)c2ccc(cc2)OCCCCn2nnc3c(C)c1ccc32. The zero-order chi connectivity index (χ0) is 28.6. The third-order valence-electron chi connectivity index (χ3n) is 8.14. The first-order valence-electron chi connectivity index (χ1n) is 14.2. The summed E-state index contributed by atoms with van der Waals surface area (Å²) in [5.74, 6) is 0.0870. The smallest absolute Gasteiger partial charge is 0.306 e. The maximum absolute atomic E-state index is 13.6. The molecule has 5 aliphatic rings. The summed E-state index contributed by atoms with van der Waals surface area (Å²) in [4.78, 5) is 13.1. The molecule has 0 spiro atoms. The van der Waals surface area contributed by atoms with Crippen LogP contribution in [-0.4, -0.2) is 53.4 Å². The molecule has 10 heteroatoms. The number of hydrogen-bond acceptors (Lipinski definition) is 7. The molecule has 0 aliphatic carbocycles. The predicted octanol–water partition coefficient (Wildman–Crippen LogP) is 4.74. The number of nitrogens with zero attached hydrogens (tertiary/aromatic N) is 4. The average Bonchev–Trinajstić information content (AvgIpc) is 3.39. The van der Waals surface area contributed by atoms with Gasteiger partial charge in [-0.05, 0) is 91.3 Å². The van der Waals surface area contributed by atoms with Crippen LogP contribution in [0.25, 0.3) is 11.0 Å². The van der Waals surface area contributed by atoms with E-state index in [1.165, 1.54) is 4.31 Å². The largest absolute Gasteiger partial charge is 0.494 e. The van der Waals surface area contributed by atoms with E-state index in [9.17, 15) is 13.2 Å². The van der Waals surface area contributed by atoms with Crippen molar-refractivity contribution in [1.29, 1.82) is 0 Å². The molecule has 3 aromatic carbocycles. The van der Waals surface area contributed by atoms with Gasteiger partial charge in [0, 0.05) is 25.6 Å². The molecule has 9 bridgehead atoms. The first kappa shape index (κ1) is 27.4. The monoisotopic (exact) mass is 574 g/mol. The summed E-state index contributed by atoms with van der Waals surface area (Å²) in [7, 11) is -3.69. The highest BCUT2D eigenvalue weighted by Gasteiger charge is 2.30. The number of ether oxygens (including phenoxy) is 2. The number of hydrogen-bond donors (Lipinski definition) is 0. The first-order chi connectivity index (χ1) is 19.8. The Bertz CT molecular complexity index is 1700. The molecule has 41 heavy (non-hydrogen) atoms. The Morgan fingerprint density at radius 2 is 1.88 bits per heavy atom. The van der Waals surface area contributed by atoms with Gasteiger partial charge in [0.1, 0.15) is 11.3 Å². The molecule has 214 valence electrons. The number of carbonyl (C=O) groups excluding carboxylic acids is 1. The van der Waals surface area contributed by atoms with E-state index < -0.39 is 10.0 Å². The summed E-state index contributed by atoms with van der Waals surface area (Å²) < 4.78 is 41.9. The van der Waals surface area contributed by atoms with Crippen molar-refractivity contribution in [2.45, 2.75) is 63.4 Å². The maximum atomic E-state index is 13.6. The van der Waals surface area contributed by atoms with E-state index in [1.807, 2.05) is 17.7 Å². The van der Waals surface area contributed by atoms with Crippen LogP contribution in [0.4, 0.5) is 0 Å². The normalized spacial score (nSPS) is 20.1. The van der Waals surface area contributed by atoms with Gasteiger partial charge >= 0.3 is 5.97 Å². The lowest BCUT2D eigenvalue weighted by atomic mass is 9.83.